The third-order valence-electron chi connectivity index (χ3n) is 4.06. The highest BCUT2D eigenvalue weighted by atomic mass is 32.1. The monoisotopic (exact) mass is 337 g/mol. The average Bonchev–Trinajstić information content (AvgIpc) is 2.84. The molecule has 1 amide bonds. The first-order chi connectivity index (χ1) is 11.0. The Kier molecular flexibility index (Phi) is 4.66. The third kappa shape index (κ3) is 3.11. The number of hydrogen-bond donors (Lipinski definition) is 0. The van der Waals surface area contributed by atoms with Gasteiger partial charge >= 0.3 is 0 Å². The molecule has 1 aliphatic heterocycles. The molecule has 1 aliphatic rings. The Balaban J connectivity index is 1.91. The highest BCUT2D eigenvalue weighted by Gasteiger charge is 2.31. The fourth-order valence-electron chi connectivity index (χ4n) is 3.09. The van der Waals surface area contributed by atoms with E-state index < -0.39 is 0 Å². The van der Waals surface area contributed by atoms with E-state index in [0.717, 1.165) is 10.3 Å². The molecule has 4 nitrogen and oxygen atoms in total. The molecule has 2 heterocycles. The molecule has 6 heteroatoms. The van der Waals surface area contributed by atoms with Crippen LogP contribution >= 0.6 is 11.3 Å². The molecule has 1 aromatic heterocycles. The molecule has 0 radical (unpaired) electrons. The summed E-state index contributed by atoms with van der Waals surface area (Å²) in [6.07, 6.45) is -0.168. The molecule has 1 aromatic carbocycles. The van der Waals surface area contributed by atoms with E-state index in [2.05, 4.69) is 0 Å². The van der Waals surface area contributed by atoms with Gasteiger partial charge in [0.2, 0.25) is 0 Å². The van der Waals surface area contributed by atoms with Gasteiger partial charge in [-0.15, -0.1) is 11.3 Å². The van der Waals surface area contributed by atoms with E-state index in [1.807, 2.05) is 19.9 Å². The van der Waals surface area contributed by atoms with Crippen LogP contribution in [0.3, 0.4) is 0 Å². The van der Waals surface area contributed by atoms with Crippen molar-refractivity contribution >= 4 is 27.3 Å². The number of methoxy groups -OCH3 is 1. The summed E-state index contributed by atoms with van der Waals surface area (Å²) in [7, 11) is 1.62. The predicted molar refractivity (Wildman–Crippen MR) is 88.6 cm³/mol. The Morgan fingerprint density at radius 1 is 1.48 bits per heavy atom. The van der Waals surface area contributed by atoms with Crippen molar-refractivity contribution in [3.05, 3.63) is 34.5 Å². The maximum absolute atomic E-state index is 14.0. The quantitative estimate of drug-likeness (QED) is 0.863. The minimum absolute atomic E-state index is 0.0423. The van der Waals surface area contributed by atoms with Gasteiger partial charge in [0.25, 0.3) is 5.91 Å². The standard InChI is InChI=1S/C17H20FNO3S/c1-10-7-19(8-12(22-10)9-21-3)17(20)16-11(2)15-13(18)5-4-6-14(15)23-16/h4-6,10,12H,7-9H2,1-3H3/t10-,12+/m1/s1. The topological polar surface area (TPSA) is 38.8 Å². The average molecular weight is 337 g/mol. The first kappa shape index (κ1) is 16.4. The molecule has 0 N–H and O–H groups in total. The lowest BCUT2D eigenvalue weighted by molar-refractivity contribution is -0.0918. The van der Waals surface area contributed by atoms with Crippen LogP contribution in [0.15, 0.2) is 18.2 Å². The number of benzene rings is 1. The summed E-state index contributed by atoms with van der Waals surface area (Å²) in [5.41, 5.74) is 0.718. The van der Waals surface area contributed by atoms with Crippen molar-refractivity contribution in [1.29, 1.82) is 0 Å². The zero-order chi connectivity index (χ0) is 16.6. The number of halogens is 1. The van der Waals surface area contributed by atoms with Gasteiger partial charge in [-0.25, -0.2) is 4.39 Å². The minimum Gasteiger partial charge on any atom is -0.382 e. The number of carbonyl (C=O) groups is 1. The number of rotatable bonds is 3. The van der Waals surface area contributed by atoms with E-state index >= 15 is 0 Å². The minimum atomic E-state index is -0.275. The number of hydrogen-bond acceptors (Lipinski definition) is 4. The summed E-state index contributed by atoms with van der Waals surface area (Å²) in [6, 6.07) is 4.96. The Hall–Kier alpha value is -1.50. The van der Waals surface area contributed by atoms with Crippen molar-refractivity contribution in [3.8, 4) is 0 Å². The SMILES string of the molecule is COC[C@@H]1CN(C(=O)c2sc3cccc(F)c3c2C)C[C@@H](C)O1. The van der Waals surface area contributed by atoms with Gasteiger partial charge in [-0.3, -0.25) is 4.79 Å². The number of nitrogens with zero attached hydrogens (tertiary/aromatic N) is 1. The van der Waals surface area contributed by atoms with E-state index in [-0.39, 0.29) is 23.9 Å². The molecule has 0 aliphatic carbocycles. The van der Waals surface area contributed by atoms with Crippen LogP contribution in [-0.2, 0) is 9.47 Å². The molecule has 2 aromatic rings. The molecular formula is C17H20FNO3S. The van der Waals surface area contributed by atoms with Gasteiger partial charge in [-0.2, -0.15) is 0 Å². The molecule has 3 rings (SSSR count). The number of carbonyl (C=O) groups excluding carboxylic acids is 1. The van der Waals surface area contributed by atoms with E-state index in [1.165, 1.54) is 17.4 Å². The van der Waals surface area contributed by atoms with Gasteiger partial charge < -0.3 is 14.4 Å². The second-order valence-electron chi connectivity index (χ2n) is 5.90. The van der Waals surface area contributed by atoms with Crippen LogP contribution in [0, 0.1) is 12.7 Å². The Labute approximate surface area is 138 Å². The highest BCUT2D eigenvalue weighted by molar-refractivity contribution is 7.21. The molecule has 0 spiro atoms. The fraction of sp³-hybridized carbons (Fsp3) is 0.471. The zero-order valence-corrected chi connectivity index (χ0v) is 14.3. The summed E-state index contributed by atoms with van der Waals surface area (Å²) < 4.78 is 25.8. The molecule has 23 heavy (non-hydrogen) atoms. The largest absolute Gasteiger partial charge is 0.382 e. The van der Waals surface area contributed by atoms with Gasteiger partial charge in [0.05, 0.1) is 23.7 Å². The van der Waals surface area contributed by atoms with Crippen LogP contribution in [0.2, 0.25) is 0 Å². The summed E-state index contributed by atoms with van der Waals surface area (Å²) in [4.78, 5) is 15.3. The summed E-state index contributed by atoms with van der Waals surface area (Å²) in [5.74, 6) is -0.331. The van der Waals surface area contributed by atoms with Gasteiger partial charge in [0, 0.05) is 30.3 Å². The molecule has 2 atom stereocenters. The molecule has 124 valence electrons. The van der Waals surface area contributed by atoms with Crippen LogP contribution in [0.25, 0.3) is 10.1 Å². The zero-order valence-electron chi connectivity index (χ0n) is 13.5. The predicted octanol–water partition coefficient (Wildman–Crippen LogP) is 3.22. The van der Waals surface area contributed by atoms with E-state index in [4.69, 9.17) is 9.47 Å². The van der Waals surface area contributed by atoms with Crippen molar-refractivity contribution in [1.82, 2.24) is 4.90 Å². The van der Waals surface area contributed by atoms with Crippen molar-refractivity contribution < 1.29 is 18.7 Å². The molecule has 0 unspecified atom stereocenters. The Morgan fingerprint density at radius 3 is 2.96 bits per heavy atom. The summed E-state index contributed by atoms with van der Waals surface area (Å²) >= 11 is 1.35. The highest BCUT2D eigenvalue weighted by Crippen LogP contribution is 2.33. The van der Waals surface area contributed by atoms with Gasteiger partial charge in [-0.1, -0.05) is 6.07 Å². The van der Waals surface area contributed by atoms with Crippen molar-refractivity contribution in [2.45, 2.75) is 26.1 Å². The summed E-state index contributed by atoms with van der Waals surface area (Å²) in [6.45, 7) is 5.24. The van der Waals surface area contributed by atoms with Crippen molar-refractivity contribution in [2.24, 2.45) is 0 Å². The fourth-order valence-corrected chi connectivity index (χ4v) is 4.28. The number of aryl methyl sites for hydroxylation is 1. The van der Waals surface area contributed by atoms with Crippen LogP contribution in [0.5, 0.6) is 0 Å². The number of fused-ring (bicyclic) bond motifs is 1. The van der Waals surface area contributed by atoms with Gasteiger partial charge in [0.1, 0.15) is 5.82 Å². The van der Waals surface area contributed by atoms with E-state index in [0.29, 0.717) is 30.0 Å². The second-order valence-corrected chi connectivity index (χ2v) is 6.96. The maximum atomic E-state index is 14.0. The third-order valence-corrected chi connectivity index (χ3v) is 5.31. The molecule has 1 saturated heterocycles. The number of amides is 1. The van der Waals surface area contributed by atoms with Gasteiger partial charge in [-0.05, 0) is 31.5 Å². The van der Waals surface area contributed by atoms with Gasteiger partial charge in [0.15, 0.2) is 0 Å². The van der Waals surface area contributed by atoms with E-state index in [1.54, 1.807) is 18.1 Å². The molecule has 0 bridgehead atoms. The normalized spacial score (nSPS) is 21.8. The first-order valence-electron chi connectivity index (χ1n) is 7.62. The first-order valence-corrected chi connectivity index (χ1v) is 8.44. The smallest absolute Gasteiger partial charge is 0.264 e. The maximum Gasteiger partial charge on any atom is 0.264 e. The lowest BCUT2D eigenvalue weighted by Crippen LogP contribution is -2.50. The summed E-state index contributed by atoms with van der Waals surface area (Å²) in [5, 5.41) is 0.551. The van der Waals surface area contributed by atoms with Crippen molar-refractivity contribution in [3.63, 3.8) is 0 Å². The van der Waals surface area contributed by atoms with Crippen LogP contribution < -0.4 is 0 Å². The number of thiophene rings is 1. The lowest BCUT2D eigenvalue weighted by Gasteiger charge is -2.36. The van der Waals surface area contributed by atoms with Crippen LogP contribution in [0.4, 0.5) is 4.39 Å². The van der Waals surface area contributed by atoms with Crippen LogP contribution in [0.1, 0.15) is 22.2 Å². The van der Waals surface area contributed by atoms with Crippen molar-refractivity contribution in [2.75, 3.05) is 26.8 Å². The molecular weight excluding hydrogens is 317 g/mol. The second kappa shape index (κ2) is 6.55. The van der Waals surface area contributed by atoms with E-state index in [9.17, 15) is 9.18 Å². The molecule has 0 saturated carbocycles. The lowest BCUT2D eigenvalue weighted by atomic mass is 10.1. The Bertz CT molecular complexity index is 730. The Morgan fingerprint density at radius 2 is 2.26 bits per heavy atom. The molecule has 1 fully saturated rings. The number of morpholine rings is 1. The number of ether oxygens (including phenoxy) is 2. The van der Waals surface area contributed by atoms with Crippen LogP contribution in [-0.4, -0.2) is 49.8 Å².